The summed E-state index contributed by atoms with van der Waals surface area (Å²) in [6.45, 7) is 5.09. The SMILES string of the molecule is CCCC(CCC)(C(=O)O)N(C)CC1CC1. The fraction of sp³-hybridized carbons (Fsp3) is 0.923. The molecule has 0 aliphatic heterocycles. The van der Waals surface area contributed by atoms with E-state index in [9.17, 15) is 9.90 Å². The number of carboxylic acids is 1. The van der Waals surface area contributed by atoms with E-state index in [1.165, 1.54) is 12.8 Å². The standard InChI is InChI=1S/C13H25NO2/c1-4-8-13(9-5-2,12(15)16)14(3)10-11-6-7-11/h11H,4-10H2,1-3H3,(H,15,16). The number of likely N-dealkylation sites (N-methyl/N-ethyl adjacent to an activating group) is 1. The molecule has 1 aliphatic rings. The molecule has 0 amide bonds. The van der Waals surface area contributed by atoms with E-state index in [4.69, 9.17) is 0 Å². The Balaban J connectivity index is 2.74. The Kier molecular flexibility index (Phi) is 4.78. The maximum atomic E-state index is 11.6. The minimum atomic E-state index is -0.639. The first-order valence-electron chi connectivity index (χ1n) is 6.51. The van der Waals surface area contributed by atoms with Gasteiger partial charge in [0.05, 0.1) is 0 Å². The highest BCUT2D eigenvalue weighted by atomic mass is 16.4. The summed E-state index contributed by atoms with van der Waals surface area (Å²) in [5.74, 6) is 0.108. The molecule has 1 saturated carbocycles. The lowest BCUT2D eigenvalue weighted by Gasteiger charge is -2.38. The summed E-state index contributed by atoms with van der Waals surface area (Å²) in [4.78, 5) is 13.7. The molecule has 0 spiro atoms. The predicted molar refractivity (Wildman–Crippen MR) is 65.5 cm³/mol. The van der Waals surface area contributed by atoms with E-state index in [0.717, 1.165) is 38.1 Å². The summed E-state index contributed by atoms with van der Waals surface area (Å²) in [6.07, 6.45) is 5.94. The van der Waals surface area contributed by atoms with Crippen molar-refractivity contribution in [2.45, 2.75) is 57.9 Å². The second-order valence-corrected chi connectivity index (χ2v) is 5.16. The zero-order chi connectivity index (χ0) is 12.2. The van der Waals surface area contributed by atoms with E-state index < -0.39 is 11.5 Å². The molecule has 3 heteroatoms. The summed E-state index contributed by atoms with van der Waals surface area (Å²) in [5.41, 5.74) is -0.619. The van der Waals surface area contributed by atoms with Crippen LogP contribution in [0.5, 0.6) is 0 Å². The van der Waals surface area contributed by atoms with Crippen LogP contribution >= 0.6 is 0 Å². The van der Waals surface area contributed by atoms with E-state index in [0.29, 0.717) is 0 Å². The maximum Gasteiger partial charge on any atom is 0.324 e. The summed E-state index contributed by atoms with van der Waals surface area (Å²) in [6, 6.07) is 0. The average Bonchev–Trinajstić information content (AvgIpc) is 3.00. The normalized spacial score (nSPS) is 16.8. The van der Waals surface area contributed by atoms with Crippen LogP contribution in [0.2, 0.25) is 0 Å². The minimum Gasteiger partial charge on any atom is -0.480 e. The lowest BCUT2D eigenvalue weighted by Crippen LogP contribution is -2.53. The Bertz CT molecular complexity index is 230. The van der Waals surface area contributed by atoms with E-state index >= 15 is 0 Å². The third-order valence-corrected chi connectivity index (χ3v) is 3.68. The monoisotopic (exact) mass is 227 g/mol. The lowest BCUT2D eigenvalue weighted by atomic mass is 9.87. The van der Waals surface area contributed by atoms with Gasteiger partial charge in [-0.2, -0.15) is 0 Å². The zero-order valence-corrected chi connectivity index (χ0v) is 10.8. The van der Waals surface area contributed by atoms with Crippen LogP contribution in [0.3, 0.4) is 0 Å². The Morgan fingerprint density at radius 1 is 1.31 bits per heavy atom. The van der Waals surface area contributed by atoms with Gasteiger partial charge in [0.15, 0.2) is 0 Å². The van der Waals surface area contributed by atoms with Gasteiger partial charge in [0.25, 0.3) is 0 Å². The highest BCUT2D eigenvalue weighted by molar-refractivity contribution is 5.78. The first-order valence-corrected chi connectivity index (χ1v) is 6.51. The first kappa shape index (κ1) is 13.5. The topological polar surface area (TPSA) is 40.5 Å². The highest BCUT2D eigenvalue weighted by Crippen LogP contribution is 2.34. The van der Waals surface area contributed by atoms with Crippen molar-refractivity contribution in [3.05, 3.63) is 0 Å². The molecule has 0 bridgehead atoms. The summed E-state index contributed by atoms with van der Waals surface area (Å²) in [5, 5.41) is 9.55. The van der Waals surface area contributed by atoms with Crippen LogP contribution in [0.15, 0.2) is 0 Å². The van der Waals surface area contributed by atoms with Crippen LogP contribution in [0.25, 0.3) is 0 Å². The zero-order valence-electron chi connectivity index (χ0n) is 10.8. The van der Waals surface area contributed by atoms with E-state index in [1.54, 1.807) is 0 Å². The smallest absolute Gasteiger partial charge is 0.324 e. The van der Waals surface area contributed by atoms with Crippen molar-refractivity contribution < 1.29 is 9.90 Å². The number of rotatable bonds is 8. The summed E-state index contributed by atoms with van der Waals surface area (Å²) in [7, 11) is 1.98. The van der Waals surface area contributed by atoms with E-state index in [2.05, 4.69) is 18.7 Å². The van der Waals surface area contributed by atoms with Gasteiger partial charge in [-0.05, 0) is 38.6 Å². The molecule has 0 saturated heterocycles. The van der Waals surface area contributed by atoms with Crippen molar-refractivity contribution in [1.29, 1.82) is 0 Å². The van der Waals surface area contributed by atoms with Gasteiger partial charge in [0.1, 0.15) is 5.54 Å². The van der Waals surface area contributed by atoms with Gasteiger partial charge in [-0.15, -0.1) is 0 Å². The van der Waals surface area contributed by atoms with Gasteiger partial charge in [-0.25, -0.2) is 0 Å². The molecule has 0 aromatic rings. The molecule has 0 atom stereocenters. The third-order valence-electron chi connectivity index (χ3n) is 3.68. The molecular weight excluding hydrogens is 202 g/mol. The number of hydrogen-bond donors (Lipinski definition) is 1. The van der Waals surface area contributed by atoms with Crippen molar-refractivity contribution in [3.8, 4) is 0 Å². The van der Waals surface area contributed by atoms with Crippen molar-refractivity contribution >= 4 is 5.97 Å². The van der Waals surface area contributed by atoms with Gasteiger partial charge in [-0.3, -0.25) is 9.69 Å². The van der Waals surface area contributed by atoms with Gasteiger partial charge in [0, 0.05) is 6.54 Å². The summed E-state index contributed by atoms with van der Waals surface area (Å²) < 4.78 is 0. The van der Waals surface area contributed by atoms with Crippen LogP contribution in [0.4, 0.5) is 0 Å². The molecule has 1 N–H and O–H groups in total. The molecule has 1 aliphatic carbocycles. The molecule has 1 fully saturated rings. The lowest BCUT2D eigenvalue weighted by molar-refractivity contribution is -0.152. The second-order valence-electron chi connectivity index (χ2n) is 5.16. The molecule has 0 unspecified atom stereocenters. The molecule has 0 radical (unpaired) electrons. The number of aliphatic carboxylic acids is 1. The molecule has 0 aromatic heterocycles. The Morgan fingerprint density at radius 2 is 1.81 bits per heavy atom. The number of carboxylic acid groups (broad SMARTS) is 1. The molecular formula is C13H25NO2. The van der Waals surface area contributed by atoms with Crippen LogP contribution in [0, 0.1) is 5.92 Å². The number of hydrogen-bond acceptors (Lipinski definition) is 2. The Labute approximate surface area is 98.8 Å². The third kappa shape index (κ3) is 2.97. The first-order chi connectivity index (χ1) is 7.56. The van der Waals surface area contributed by atoms with E-state index in [-0.39, 0.29) is 0 Å². The minimum absolute atomic E-state index is 0.619. The predicted octanol–water partition coefficient (Wildman–Crippen LogP) is 2.75. The maximum absolute atomic E-state index is 11.6. The van der Waals surface area contributed by atoms with Crippen LogP contribution in [-0.4, -0.2) is 35.1 Å². The van der Waals surface area contributed by atoms with Gasteiger partial charge < -0.3 is 5.11 Å². The summed E-state index contributed by atoms with van der Waals surface area (Å²) >= 11 is 0. The Hall–Kier alpha value is -0.570. The van der Waals surface area contributed by atoms with Crippen molar-refractivity contribution in [2.75, 3.05) is 13.6 Å². The van der Waals surface area contributed by atoms with Crippen molar-refractivity contribution in [1.82, 2.24) is 4.90 Å². The fourth-order valence-corrected chi connectivity index (χ4v) is 2.57. The van der Waals surface area contributed by atoms with Gasteiger partial charge >= 0.3 is 5.97 Å². The van der Waals surface area contributed by atoms with E-state index in [1.807, 2.05) is 7.05 Å². The van der Waals surface area contributed by atoms with Crippen LogP contribution in [-0.2, 0) is 4.79 Å². The van der Waals surface area contributed by atoms with Crippen LogP contribution in [0.1, 0.15) is 52.4 Å². The Morgan fingerprint density at radius 3 is 2.12 bits per heavy atom. The number of nitrogens with zero attached hydrogens (tertiary/aromatic N) is 1. The van der Waals surface area contributed by atoms with Crippen LogP contribution < -0.4 is 0 Å². The molecule has 0 heterocycles. The quantitative estimate of drug-likeness (QED) is 0.693. The fourth-order valence-electron chi connectivity index (χ4n) is 2.57. The molecule has 94 valence electrons. The largest absolute Gasteiger partial charge is 0.480 e. The second kappa shape index (κ2) is 5.67. The van der Waals surface area contributed by atoms with Gasteiger partial charge in [0.2, 0.25) is 0 Å². The molecule has 0 aromatic carbocycles. The molecule has 1 rings (SSSR count). The number of carbonyl (C=O) groups is 1. The van der Waals surface area contributed by atoms with Gasteiger partial charge in [-0.1, -0.05) is 26.7 Å². The molecule has 3 nitrogen and oxygen atoms in total. The van der Waals surface area contributed by atoms with Crippen molar-refractivity contribution in [2.24, 2.45) is 5.92 Å². The van der Waals surface area contributed by atoms with Crippen molar-refractivity contribution in [3.63, 3.8) is 0 Å². The average molecular weight is 227 g/mol. The molecule has 16 heavy (non-hydrogen) atoms. The highest BCUT2D eigenvalue weighted by Gasteiger charge is 2.42.